The summed E-state index contributed by atoms with van der Waals surface area (Å²) in [7, 11) is 0. The van der Waals surface area contributed by atoms with E-state index in [1.807, 2.05) is 0 Å². The van der Waals surface area contributed by atoms with Crippen LogP contribution in [0.5, 0.6) is 5.75 Å². The van der Waals surface area contributed by atoms with Crippen LogP contribution in [0.3, 0.4) is 0 Å². The predicted octanol–water partition coefficient (Wildman–Crippen LogP) is 3.88. The molecule has 0 spiro atoms. The molecule has 2 amide bonds. The Morgan fingerprint density at radius 1 is 1.16 bits per heavy atom. The number of ether oxygens (including phenoxy) is 1. The van der Waals surface area contributed by atoms with Crippen molar-refractivity contribution in [3.63, 3.8) is 0 Å². The molecule has 25 heavy (non-hydrogen) atoms. The molecule has 2 aromatic rings. The number of carbonyl (C=O) groups is 2. The summed E-state index contributed by atoms with van der Waals surface area (Å²) in [6, 6.07) is 9.83. The van der Waals surface area contributed by atoms with E-state index < -0.39 is 11.4 Å². The van der Waals surface area contributed by atoms with Crippen LogP contribution in [-0.2, 0) is 4.79 Å². The van der Waals surface area contributed by atoms with Crippen LogP contribution in [0.1, 0.15) is 10.4 Å². The third kappa shape index (κ3) is 4.44. The van der Waals surface area contributed by atoms with Gasteiger partial charge in [0.1, 0.15) is 5.75 Å². The fourth-order valence-electron chi connectivity index (χ4n) is 2.17. The van der Waals surface area contributed by atoms with Gasteiger partial charge in [-0.25, -0.2) is 0 Å². The Balaban J connectivity index is 1.70. The molecule has 130 valence electrons. The molecule has 0 radical (unpaired) electrons. The minimum atomic E-state index is -4.38. The van der Waals surface area contributed by atoms with Gasteiger partial charge in [0, 0.05) is 16.1 Å². The molecule has 0 fully saturated rings. The van der Waals surface area contributed by atoms with Crippen molar-refractivity contribution in [2.45, 2.75) is 10.4 Å². The van der Waals surface area contributed by atoms with Crippen molar-refractivity contribution >= 4 is 35.0 Å². The first-order chi connectivity index (χ1) is 11.8. The minimum Gasteiger partial charge on any atom is -0.482 e. The Bertz CT molecular complexity index is 822. The number of rotatable bonds is 3. The Morgan fingerprint density at radius 3 is 2.56 bits per heavy atom. The summed E-state index contributed by atoms with van der Waals surface area (Å²) < 4.78 is 42.1. The summed E-state index contributed by atoms with van der Waals surface area (Å²) in [5.74, 6) is -0.286. The number of halogens is 3. The molecule has 9 heteroatoms. The fourth-order valence-corrected chi connectivity index (χ4v) is 2.71. The van der Waals surface area contributed by atoms with Gasteiger partial charge in [-0.15, -0.1) is 0 Å². The molecule has 2 aromatic carbocycles. The lowest BCUT2D eigenvalue weighted by molar-refractivity contribution is -0.118. The summed E-state index contributed by atoms with van der Waals surface area (Å²) >= 11 is -0.245. The van der Waals surface area contributed by atoms with E-state index in [-0.39, 0.29) is 34.7 Å². The highest BCUT2D eigenvalue weighted by atomic mass is 32.2. The van der Waals surface area contributed by atoms with E-state index >= 15 is 0 Å². The number of benzene rings is 2. The van der Waals surface area contributed by atoms with Gasteiger partial charge >= 0.3 is 5.51 Å². The van der Waals surface area contributed by atoms with Crippen molar-refractivity contribution in [1.29, 1.82) is 0 Å². The quantitative estimate of drug-likeness (QED) is 0.807. The summed E-state index contributed by atoms with van der Waals surface area (Å²) in [4.78, 5) is 23.5. The van der Waals surface area contributed by atoms with E-state index in [0.29, 0.717) is 17.1 Å². The first-order valence-corrected chi connectivity index (χ1v) is 7.86. The lowest BCUT2D eigenvalue weighted by Gasteiger charge is -2.18. The van der Waals surface area contributed by atoms with Crippen LogP contribution in [0.4, 0.5) is 24.5 Å². The molecular formula is C16H11F3N2O3S. The van der Waals surface area contributed by atoms with Crippen LogP contribution in [0, 0.1) is 0 Å². The number of alkyl halides is 3. The largest absolute Gasteiger partial charge is 0.482 e. The second kappa shape index (κ2) is 6.67. The number of anilines is 2. The van der Waals surface area contributed by atoms with E-state index in [1.54, 1.807) is 12.1 Å². The molecule has 0 atom stereocenters. The van der Waals surface area contributed by atoms with Crippen LogP contribution in [-0.4, -0.2) is 23.9 Å². The highest BCUT2D eigenvalue weighted by Gasteiger charge is 2.29. The molecule has 0 bridgehead atoms. The van der Waals surface area contributed by atoms with Crippen LogP contribution in [0.2, 0.25) is 0 Å². The first-order valence-electron chi connectivity index (χ1n) is 7.04. The van der Waals surface area contributed by atoms with E-state index in [9.17, 15) is 22.8 Å². The van der Waals surface area contributed by atoms with E-state index in [1.165, 1.54) is 30.3 Å². The van der Waals surface area contributed by atoms with E-state index in [0.717, 1.165) is 0 Å². The number of hydrogen-bond donors (Lipinski definition) is 2. The normalized spacial score (nSPS) is 13.5. The molecule has 0 unspecified atom stereocenters. The maximum Gasteiger partial charge on any atom is 0.446 e. The molecule has 1 aliphatic heterocycles. The maximum absolute atomic E-state index is 12.3. The standard InChI is InChI=1S/C16H11F3N2O3S/c17-16(18,19)25-11-4-1-9(2-5-11)15(23)20-10-3-6-13-12(7-10)21-14(22)8-24-13/h1-7H,8H2,(H,20,23)(H,21,22). The van der Waals surface area contributed by atoms with Gasteiger partial charge in [0.2, 0.25) is 0 Å². The zero-order chi connectivity index (χ0) is 18.0. The molecular weight excluding hydrogens is 357 g/mol. The molecule has 5 nitrogen and oxygen atoms in total. The van der Waals surface area contributed by atoms with Crippen molar-refractivity contribution < 1.29 is 27.5 Å². The first kappa shape index (κ1) is 17.2. The number of nitrogens with one attached hydrogen (secondary N) is 2. The summed E-state index contributed by atoms with van der Waals surface area (Å²) in [5, 5.41) is 5.23. The van der Waals surface area contributed by atoms with E-state index in [4.69, 9.17) is 4.74 Å². The molecule has 0 aromatic heterocycles. The Morgan fingerprint density at radius 2 is 1.88 bits per heavy atom. The predicted molar refractivity (Wildman–Crippen MR) is 86.9 cm³/mol. The molecule has 0 saturated carbocycles. The highest BCUT2D eigenvalue weighted by molar-refractivity contribution is 8.00. The van der Waals surface area contributed by atoms with Crippen LogP contribution in [0.15, 0.2) is 47.4 Å². The smallest absolute Gasteiger partial charge is 0.446 e. The third-order valence-corrected chi connectivity index (χ3v) is 3.96. The SMILES string of the molecule is O=C1COc2ccc(NC(=O)c3ccc(SC(F)(F)F)cc3)cc2N1. The number of carbonyl (C=O) groups excluding carboxylic acids is 2. The number of hydrogen-bond acceptors (Lipinski definition) is 4. The zero-order valence-corrected chi connectivity index (χ0v) is 13.3. The van der Waals surface area contributed by atoms with Gasteiger partial charge in [-0.3, -0.25) is 9.59 Å². The number of amides is 2. The lowest BCUT2D eigenvalue weighted by Crippen LogP contribution is -2.25. The van der Waals surface area contributed by atoms with Gasteiger partial charge in [0.05, 0.1) is 5.69 Å². The average molecular weight is 368 g/mol. The number of fused-ring (bicyclic) bond motifs is 1. The lowest BCUT2D eigenvalue weighted by atomic mass is 10.2. The van der Waals surface area contributed by atoms with Gasteiger partial charge in [-0.1, -0.05) is 0 Å². The van der Waals surface area contributed by atoms with Crippen molar-refractivity contribution in [3.05, 3.63) is 48.0 Å². The second-order valence-corrected chi connectivity index (χ2v) is 6.21. The van der Waals surface area contributed by atoms with Crippen molar-refractivity contribution in [3.8, 4) is 5.75 Å². The van der Waals surface area contributed by atoms with Crippen molar-refractivity contribution in [2.75, 3.05) is 17.2 Å². The zero-order valence-electron chi connectivity index (χ0n) is 12.5. The monoisotopic (exact) mass is 368 g/mol. The Kier molecular flexibility index (Phi) is 4.58. The highest BCUT2D eigenvalue weighted by Crippen LogP contribution is 2.36. The molecule has 3 rings (SSSR count). The van der Waals surface area contributed by atoms with Gasteiger partial charge in [0.25, 0.3) is 11.8 Å². The topological polar surface area (TPSA) is 67.4 Å². The molecule has 2 N–H and O–H groups in total. The second-order valence-electron chi connectivity index (χ2n) is 5.07. The van der Waals surface area contributed by atoms with Crippen molar-refractivity contribution in [1.82, 2.24) is 0 Å². The molecule has 1 aliphatic rings. The van der Waals surface area contributed by atoms with Gasteiger partial charge in [0.15, 0.2) is 6.61 Å². The third-order valence-electron chi connectivity index (χ3n) is 3.22. The summed E-state index contributed by atoms with van der Waals surface area (Å²) in [6.45, 7) is -0.0685. The summed E-state index contributed by atoms with van der Waals surface area (Å²) in [5.41, 5.74) is -3.31. The van der Waals surface area contributed by atoms with Gasteiger partial charge < -0.3 is 15.4 Å². The Hall–Kier alpha value is -2.68. The summed E-state index contributed by atoms with van der Waals surface area (Å²) in [6.07, 6.45) is 0. The van der Waals surface area contributed by atoms with Crippen LogP contribution < -0.4 is 15.4 Å². The number of thioether (sulfide) groups is 1. The maximum atomic E-state index is 12.3. The van der Waals surface area contributed by atoms with Crippen LogP contribution in [0.25, 0.3) is 0 Å². The van der Waals surface area contributed by atoms with Gasteiger partial charge in [-0.05, 0) is 54.2 Å². The minimum absolute atomic E-state index is 0.00214. The van der Waals surface area contributed by atoms with E-state index in [2.05, 4.69) is 10.6 Å². The molecule has 1 heterocycles. The molecule has 0 saturated heterocycles. The Labute approximate surface area is 144 Å². The van der Waals surface area contributed by atoms with Crippen molar-refractivity contribution in [2.24, 2.45) is 0 Å². The fraction of sp³-hybridized carbons (Fsp3) is 0.125. The van der Waals surface area contributed by atoms with Crippen LogP contribution >= 0.6 is 11.8 Å². The molecule has 0 aliphatic carbocycles. The van der Waals surface area contributed by atoms with Gasteiger partial charge in [-0.2, -0.15) is 13.2 Å². The average Bonchev–Trinajstić information content (AvgIpc) is 2.53.